The molecule has 6 heteroatoms. The van der Waals surface area contributed by atoms with E-state index < -0.39 is 0 Å². The van der Waals surface area contributed by atoms with E-state index in [0.717, 1.165) is 16.8 Å². The summed E-state index contributed by atoms with van der Waals surface area (Å²) in [6, 6.07) is 17.3. The monoisotopic (exact) mass is 357 g/mol. The predicted molar refractivity (Wildman–Crippen MR) is 104 cm³/mol. The van der Waals surface area contributed by atoms with E-state index in [1.807, 2.05) is 68.4 Å². The maximum absolute atomic E-state index is 12.6. The highest BCUT2D eigenvalue weighted by Gasteiger charge is 2.13. The molecule has 0 unspecified atom stereocenters. The summed E-state index contributed by atoms with van der Waals surface area (Å²) < 4.78 is 1.67. The maximum Gasteiger partial charge on any atom is 0.251 e. The summed E-state index contributed by atoms with van der Waals surface area (Å²) in [7, 11) is 0. The van der Waals surface area contributed by atoms with E-state index in [4.69, 9.17) is 0 Å². The van der Waals surface area contributed by atoms with Crippen LogP contribution in [0.3, 0.4) is 0 Å². The summed E-state index contributed by atoms with van der Waals surface area (Å²) in [6.07, 6.45) is 1.70. The molecule has 6 nitrogen and oxygen atoms in total. The molecule has 1 N–H and O–H groups in total. The predicted octanol–water partition coefficient (Wildman–Crippen LogP) is 3.36. The third-order valence-corrected chi connectivity index (χ3v) is 4.48. The number of amides is 1. The lowest BCUT2D eigenvalue weighted by Gasteiger charge is -2.10. The van der Waals surface area contributed by atoms with Gasteiger partial charge in [-0.3, -0.25) is 4.79 Å². The SMILES string of the molecule is Cc1ccc(CNC(=O)c2ccc(C)c(-n3nnc4cccnc43)c2)cc1. The van der Waals surface area contributed by atoms with Gasteiger partial charge in [0.25, 0.3) is 5.91 Å². The first-order chi connectivity index (χ1) is 13.1. The second-order valence-corrected chi connectivity index (χ2v) is 6.52. The molecule has 0 atom stereocenters. The van der Waals surface area contributed by atoms with Crippen molar-refractivity contribution in [2.75, 3.05) is 0 Å². The highest BCUT2D eigenvalue weighted by atomic mass is 16.1. The van der Waals surface area contributed by atoms with Crippen LogP contribution in [0.4, 0.5) is 0 Å². The van der Waals surface area contributed by atoms with E-state index in [1.54, 1.807) is 10.9 Å². The Bertz CT molecular complexity index is 1120. The molecule has 2 aromatic carbocycles. The van der Waals surface area contributed by atoms with Crippen molar-refractivity contribution in [2.45, 2.75) is 20.4 Å². The van der Waals surface area contributed by atoms with Gasteiger partial charge in [0.05, 0.1) is 5.69 Å². The molecule has 0 fully saturated rings. The first kappa shape index (κ1) is 16.9. The van der Waals surface area contributed by atoms with E-state index >= 15 is 0 Å². The smallest absolute Gasteiger partial charge is 0.251 e. The van der Waals surface area contributed by atoms with Gasteiger partial charge in [0.15, 0.2) is 5.65 Å². The quantitative estimate of drug-likeness (QED) is 0.608. The number of carbonyl (C=O) groups excluding carboxylic acids is 1. The number of aromatic nitrogens is 4. The van der Waals surface area contributed by atoms with E-state index in [0.29, 0.717) is 23.3 Å². The number of rotatable bonds is 4. The molecule has 0 saturated carbocycles. The Kier molecular flexibility index (Phi) is 4.38. The van der Waals surface area contributed by atoms with Crippen molar-refractivity contribution in [3.63, 3.8) is 0 Å². The lowest BCUT2D eigenvalue weighted by atomic mass is 10.1. The van der Waals surface area contributed by atoms with Gasteiger partial charge in [0.1, 0.15) is 5.52 Å². The van der Waals surface area contributed by atoms with Gasteiger partial charge in [-0.05, 0) is 49.2 Å². The van der Waals surface area contributed by atoms with Gasteiger partial charge in [0, 0.05) is 18.3 Å². The third-order valence-electron chi connectivity index (χ3n) is 4.48. The minimum Gasteiger partial charge on any atom is -0.348 e. The van der Waals surface area contributed by atoms with Crippen LogP contribution in [-0.2, 0) is 6.54 Å². The number of benzene rings is 2. The van der Waals surface area contributed by atoms with Crippen LogP contribution in [-0.4, -0.2) is 25.9 Å². The van der Waals surface area contributed by atoms with Gasteiger partial charge in [0.2, 0.25) is 0 Å². The third kappa shape index (κ3) is 3.42. The molecule has 0 aliphatic rings. The van der Waals surface area contributed by atoms with Gasteiger partial charge < -0.3 is 5.32 Å². The number of nitrogens with one attached hydrogen (secondary N) is 1. The van der Waals surface area contributed by atoms with Crippen molar-refractivity contribution in [3.8, 4) is 5.69 Å². The van der Waals surface area contributed by atoms with E-state index in [2.05, 4.69) is 20.6 Å². The first-order valence-corrected chi connectivity index (χ1v) is 8.73. The van der Waals surface area contributed by atoms with E-state index in [9.17, 15) is 4.79 Å². The molecule has 4 rings (SSSR count). The van der Waals surface area contributed by atoms with Crippen LogP contribution in [0.5, 0.6) is 0 Å². The molecule has 2 aromatic heterocycles. The molecular formula is C21H19N5O. The molecule has 2 heterocycles. The normalized spacial score (nSPS) is 10.9. The zero-order valence-electron chi connectivity index (χ0n) is 15.2. The lowest BCUT2D eigenvalue weighted by Crippen LogP contribution is -2.23. The number of carbonyl (C=O) groups is 1. The Labute approximate surface area is 156 Å². The highest BCUT2D eigenvalue weighted by Crippen LogP contribution is 2.19. The van der Waals surface area contributed by atoms with Crippen molar-refractivity contribution in [1.82, 2.24) is 25.3 Å². The summed E-state index contributed by atoms with van der Waals surface area (Å²) in [4.78, 5) is 17.0. The van der Waals surface area contributed by atoms with Crippen molar-refractivity contribution in [3.05, 3.63) is 83.0 Å². The average Bonchev–Trinajstić information content (AvgIpc) is 3.12. The minimum atomic E-state index is -0.130. The van der Waals surface area contributed by atoms with Gasteiger partial charge >= 0.3 is 0 Å². The molecule has 0 bridgehead atoms. The molecule has 27 heavy (non-hydrogen) atoms. The summed E-state index contributed by atoms with van der Waals surface area (Å²) in [6.45, 7) is 4.49. The van der Waals surface area contributed by atoms with Crippen molar-refractivity contribution < 1.29 is 4.79 Å². The highest BCUT2D eigenvalue weighted by molar-refractivity contribution is 5.95. The summed E-state index contributed by atoms with van der Waals surface area (Å²) in [5.41, 5.74) is 5.99. The molecule has 134 valence electrons. The van der Waals surface area contributed by atoms with Crippen LogP contribution < -0.4 is 5.32 Å². The summed E-state index contributed by atoms with van der Waals surface area (Å²) in [5, 5.41) is 11.3. The molecule has 4 aromatic rings. The Balaban J connectivity index is 1.60. The Morgan fingerprint density at radius 1 is 1.07 bits per heavy atom. The topological polar surface area (TPSA) is 72.7 Å². The fourth-order valence-electron chi connectivity index (χ4n) is 2.90. The van der Waals surface area contributed by atoms with Gasteiger partial charge in [-0.15, -0.1) is 5.10 Å². The minimum absolute atomic E-state index is 0.130. The van der Waals surface area contributed by atoms with Gasteiger partial charge in [-0.2, -0.15) is 4.68 Å². The Hall–Kier alpha value is -3.54. The summed E-state index contributed by atoms with van der Waals surface area (Å²) in [5.74, 6) is -0.130. The van der Waals surface area contributed by atoms with Crippen LogP contribution in [0.25, 0.3) is 16.9 Å². The van der Waals surface area contributed by atoms with Crippen LogP contribution in [0, 0.1) is 13.8 Å². The second kappa shape index (κ2) is 6.99. The zero-order valence-corrected chi connectivity index (χ0v) is 15.2. The van der Waals surface area contributed by atoms with Crippen molar-refractivity contribution >= 4 is 17.1 Å². The number of pyridine rings is 1. The molecule has 0 radical (unpaired) electrons. The van der Waals surface area contributed by atoms with Crippen LogP contribution in [0.1, 0.15) is 27.0 Å². The number of hydrogen-bond acceptors (Lipinski definition) is 4. The number of nitrogens with zero attached hydrogens (tertiary/aromatic N) is 4. The van der Waals surface area contributed by atoms with Crippen molar-refractivity contribution in [1.29, 1.82) is 0 Å². The standard InChI is InChI=1S/C21H19N5O/c1-14-5-8-16(9-6-14)13-23-21(27)17-10-7-15(2)19(12-17)26-20-18(24-25-26)4-3-11-22-20/h3-12H,13H2,1-2H3,(H,23,27). The average molecular weight is 357 g/mol. The van der Waals surface area contributed by atoms with Gasteiger partial charge in [-0.25, -0.2) is 4.98 Å². The first-order valence-electron chi connectivity index (χ1n) is 8.73. The molecule has 1 amide bonds. The fourth-order valence-corrected chi connectivity index (χ4v) is 2.90. The molecule has 0 spiro atoms. The van der Waals surface area contributed by atoms with Crippen LogP contribution >= 0.6 is 0 Å². The Morgan fingerprint density at radius 2 is 1.89 bits per heavy atom. The molecular weight excluding hydrogens is 338 g/mol. The molecule has 0 aliphatic carbocycles. The number of hydrogen-bond donors (Lipinski definition) is 1. The summed E-state index contributed by atoms with van der Waals surface area (Å²) >= 11 is 0. The fraction of sp³-hybridized carbons (Fsp3) is 0.143. The second-order valence-electron chi connectivity index (χ2n) is 6.52. The number of aryl methyl sites for hydroxylation is 2. The zero-order chi connectivity index (χ0) is 18.8. The maximum atomic E-state index is 12.6. The van der Waals surface area contributed by atoms with Crippen LogP contribution in [0.2, 0.25) is 0 Å². The Morgan fingerprint density at radius 3 is 2.70 bits per heavy atom. The number of fused-ring (bicyclic) bond motifs is 1. The van der Waals surface area contributed by atoms with Crippen LogP contribution in [0.15, 0.2) is 60.8 Å². The lowest BCUT2D eigenvalue weighted by molar-refractivity contribution is 0.0951. The largest absolute Gasteiger partial charge is 0.348 e. The van der Waals surface area contributed by atoms with E-state index in [-0.39, 0.29) is 5.91 Å². The molecule has 0 saturated heterocycles. The van der Waals surface area contributed by atoms with Crippen molar-refractivity contribution in [2.24, 2.45) is 0 Å². The van der Waals surface area contributed by atoms with Gasteiger partial charge in [-0.1, -0.05) is 41.1 Å². The van der Waals surface area contributed by atoms with E-state index in [1.165, 1.54) is 5.56 Å². The molecule has 0 aliphatic heterocycles.